The molecule has 0 bridgehead atoms. The van der Waals surface area contributed by atoms with Crippen LogP contribution in [0.4, 0.5) is 18.0 Å². The Bertz CT molecular complexity index is 795. The van der Waals surface area contributed by atoms with Crippen LogP contribution in [0.15, 0.2) is 42.6 Å². The molecule has 1 atom stereocenters. The molecular weight excluding hydrogens is 367 g/mol. The predicted molar refractivity (Wildman–Crippen MR) is 92.5 cm³/mol. The Morgan fingerprint density at radius 3 is 2.38 bits per heavy atom. The Hall–Kier alpha value is -2.55. The van der Waals surface area contributed by atoms with E-state index in [2.05, 4.69) is 15.0 Å². The van der Waals surface area contributed by atoms with E-state index >= 15 is 0 Å². The number of pyridine rings is 1. The summed E-state index contributed by atoms with van der Waals surface area (Å²) < 4.78 is 41.4. The molecule has 0 radical (unpaired) electrons. The smallest absolute Gasteiger partial charge is 0.349 e. The number of nitrogens with one attached hydrogen (secondary N) is 2. The molecule has 1 aromatic carbocycles. The summed E-state index contributed by atoms with van der Waals surface area (Å²) in [5.41, 5.74) is 0.451. The third-order valence-electron chi connectivity index (χ3n) is 3.53. The van der Waals surface area contributed by atoms with Gasteiger partial charge in [-0.3, -0.25) is 19.3 Å². The molecule has 26 heavy (non-hydrogen) atoms. The lowest BCUT2D eigenvalue weighted by Crippen LogP contribution is -2.29. The maximum atomic E-state index is 13.0. The number of hydrogen-bond acceptors (Lipinski definition) is 4. The molecule has 138 valence electrons. The van der Waals surface area contributed by atoms with Gasteiger partial charge in [0.05, 0.1) is 23.2 Å². The van der Waals surface area contributed by atoms with Crippen molar-refractivity contribution in [1.29, 1.82) is 0 Å². The van der Waals surface area contributed by atoms with Crippen molar-refractivity contribution >= 4 is 23.1 Å². The summed E-state index contributed by atoms with van der Waals surface area (Å²) in [5, 5.41) is 1.82. The molecule has 2 rings (SSSR count). The van der Waals surface area contributed by atoms with Gasteiger partial charge in [-0.05, 0) is 24.6 Å². The zero-order chi connectivity index (χ0) is 19.3. The molecule has 0 fully saturated rings. The molecule has 2 amide bonds. The van der Waals surface area contributed by atoms with Crippen LogP contribution in [0.3, 0.4) is 0 Å². The zero-order valence-electron chi connectivity index (χ0n) is 13.9. The van der Waals surface area contributed by atoms with E-state index in [1.165, 1.54) is 7.05 Å². The molecule has 1 unspecified atom stereocenters. The number of carbonyl (C=O) groups is 2. The Labute approximate surface area is 152 Å². The first-order chi connectivity index (χ1) is 12.2. The molecule has 1 aromatic heterocycles. The van der Waals surface area contributed by atoms with Crippen LogP contribution in [-0.2, 0) is 11.0 Å². The highest BCUT2D eigenvalue weighted by atomic mass is 32.2. The lowest BCUT2D eigenvalue weighted by Gasteiger charge is -2.18. The van der Waals surface area contributed by atoms with Crippen molar-refractivity contribution in [3.05, 3.63) is 65.0 Å². The van der Waals surface area contributed by atoms with E-state index in [0.717, 1.165) is 23.9 Å². The zero-order valence-corrected chi connectivity index (χ0v) is 14.7. The summed E-state index contributed by atoms with van der Waals surface area (Å²) in [6.07, 6.45) is -3.54. The average molecular weight is 383 g/mol. The number of hydrogen-bond donors (Lipinski definition) is 2. The summed E-state index contributed by atoms with van der Waals surface area (Å²) >= 11 is 0.516. The van der Waals surface area contributed by atoms with Crippen molar-refractivity contribution in [2.45, 2.75) is 19.0 Å². The summed E-state index contributed by atoms with van der Waals surface area (Å²) in [6, 6.07) is 8.46. The van der Waals surface area contributed by atoms with Gasteiger partial charge in [-0.2, -0.15) is 13.2 Å². The normalized spacial score (nSPS) is 12.3. The van der Waals surface area contributed by atoms with E-state index in [1.807, 2.05) is 6.92 Å². The molecule has 2 aromatic rings. The molecule has 0 saturated carbocycles. The minimum Gasteiger partial charge on any atom is -0.349 e. The van der Waals surface area contributed by atoms with Gasteiger partial charge in [0.1, 0.15) is 5.92 Å². The van der Waals surface area contributed by atoms with Gasteiger partial charge in [-0.15, -0.1) is 0 Å². The van der Waals surface area contributed by atoms with Crippen molar-refractivity contribution in [3.63, 3.8) is 0 Å². The first-order valence-corrected chi connectivity index (χ1v) is 8.32. The lowest BCUT2D eigenvalue weighted by atomic mass is 9.93. The fourth-order valence-electron chi connectivity index (χ4n) is 2.20. The quantitative estimate of drug-likeness (QED) is 0.794. The molecule has 9 heteroatoms. The predicted octanol–water partition coefficient (Wildman–Crippen LogP) is 3.64. The molecule has 1 heterocycles. The number of rotatable bonds is 3. The second kappa shape index (κ2) is 8.22. The third-order valence-corrected chi connectivity index (χ3v) is 4.22. The molecule has 2 N–H and O–H groups in total. The highest BCUT2D eigenvalue weighted by Crippen LogP contribution is 2.32. The maximum absolute atomic E-state index is 13.0. The molecule has 0 aliphatic rings. The minimum absolute atomic E-state index is 0.0568. The molecule has 0 saturated heterocycles. The Balaban J connectivity index is 2.42. The summed E-state index contributed by atoms with van der Waals surface area (Å²) in [4.78, 5) is 27.8. The van der Waals surface area contributed by atoms with Crippen LogP contribution in [0.2, 0.25) is 0 Å². The first kappa shape index (κ1) is 19.8. The van der Waals surface area contributed by atoms with Gasteiger partial charge in [0.25, 0.3) is 5.24 Å². The van der Waals surface area contributed by atoms with Crippen LogP contribution in [0.1, 0.15) is 28.3 Å². The van der Waals surface area contributed by atoms with Crippen LogP contribution in [-0.4, -0.2) is 23.2 Å². The van der Waals surface area contributed by atoms with Crippen molar-refractivity contribution < 1.29 is 22.8 Å². The van der Waals surface area contributed by atoms with Crippen LogP contribution in [0, 0.1) is 6.92 Å². The molecule has 0 spiro atoms. The molecule has 0 aliphatic carbocycles. The highest BCUT2D eigenvalue weighted by Gasteiger charge is 2.33. The second-order valence-electron chi connectivity index (χ2n) is 5.42. The third kappa shape index (κ3) is 4.98. The van der Waals surface area contributed by atoms with E-state index in [-0.39, 0.29) is 5.69 Å². The lowest BCUT2D eigenvalue weighted by molar-refractivity contribution is -0.137. The number of aromatic nitrogens is 1. The summed E-state index contributed by atoms with van der Waals surface area (Å²) in [6.45, 7) is 1.85. The SMILES string of the molecule is CNC(=O)SNC(=O)C(c1ccc(C)cc1)c1cc(C(F)(F)F)ccn1. The molecule has 0 aliphatic heterocycles. The van der Waals surface area contributed by atoms with Crippen LogP contribution in [0.25, 0.3) is 0 Å². The van der Waals surface area contributed by atoms with Gasteiger partial charge in [0, 0.05) is 13.2 Å². The van der Waals surface area contributed by atoms with E-state index in [4.69, 9.17) is 0 Å². The Morgan fingerprint density at radius 2 is 1.81 bits per heavy atom. The van der Waals surface area contributed by atoms with Crippen molar-refractivity contribution in [3.8, 4) is 0 Å². The number of amides is 2. The summed E-state index contributed by atoms with van der Waals surface area (Å²) in [7, 11) is 1.40. The van der Waals surface area contributed by atoms with Gasteiger partial charge in [-0.25, -0.2) is 0 Å². The first-order valence-electron chi connectivity index (χ1n) is 7.50. The fraction of sp³-hybridized carbons (Fsp3) is 0.235. The largest absolute Gasteiger partial charge is 0.416 e. The van der Waals surface area contributed by atoms with E-state index in [0.29, 0.717) is 17.5 Å². The van der Waals surface area contributed by atoms with Gasteiger partial charge in [0.2, 0.25) is 5.91 Å². The van der Waals surface area contributed by atoms with Gasteiger partial charge in [0.15, 0.2) is 0 Å². The number of benzene rings is 1. The number of halogens is 3. The van der Waals surface area contributed by atoms with Gasteiger partial charge < -0.3 is 5.32 Å². The molecule has 5 nitrogen and oxygen atoms in total. The van der Waals surface area contributed by atoms with Gasteiger partial charge in [-0.1, -0.05) is 29.8 Å². The van der Waals surface area contributed by atoms with Gasteiger partial charge >= 0.3 is 6.18 Å². The Kier molecular flexibility index (Phi) is 6.25. The van der Waals surface area contributed by atoms with Crippen LogP contribution >= 0.6 is 11.9 Å². The van der Waals surface area contributed by atoms with Crippen molar-refractivity contribution in [1.82, 2.24) is 15.0 Å². The van der Waals surface area contributed by atoms with E-state index in [1.54, 1.807) is 24.3 Å². The second-order valence-corrected chi connectivity index (χ2v) is 6.20. The number of aryl methyl sites for hydroxylation is 1. The minimum atomic E-state index is -4.55. The number of carbonyl (C=O) groups excluding carboxylic acids is 2. The van der Waals surface area contributed by atoms with E-state index in [9.17, 15) is 22.8 Å². The molecular formula is C17H16F3N3O2S. The van der Waals surface area contributed by atoms with Crippen LogP contribution < -0.4 is 10.0 Å². The maximum Gasteiger partial charge on any atom is 0.416 e. The highest BCUT2D eigenvalue weighted by molar-refractivity contribution is 8.12. The standard InChI is InChI=1S/C17H16F3N3O2S/c1-10-3-5-11(6-4-10)14(15(24)23-26-16(25)21-2)13-9-12(7-8-22-13)17(18,19)20/h3-9,14H,1-2H3,(H,21,25)(H,23,24). The monoisotopic (exact) mass is 383 g/mol. The number of nitrogens with zero attached hydrogens (tertiary/aromatic N) is 1. The average Bonchev–Trinajstić information content (AvgIpc) is 2.61. The topological polar surface area (TPSA) is 71.1 Å². The van der Waals surface area contributed by atoms with Crippen molar-refractivity contribution in [2.75, 3.05) is 7.05 Å². The van der Waals surface area contributed by atoms with Crippen LogP contribution in [0.5, 0.6) is 0 Å². The van der Waals surface area contributed by atoms with E-state index < -0.39 is 28.8 Å². The van der Waals surface area contributed by atoms with Crippen molar-refractivity contribution in [2.24, 2.45) is 0 Å². The fourth-order valence-corrected chi connectivity index (χ4v) is 2.62. The summed E-state index contributed by atoms with van der Waals surface area (Å²) in [5.74, 6) is -1.73. The Morgan fingerprint density at radius 1 is 1.15 bits per heavy atom. The number of alkyl halides is 3.